The van der Waals surface area contributed by atoms with Crippen molar-refractivity contribution in [2.24, 2.45) is 0 Å². The Bertz CT molecular complexity index is 551. The Morgan fingerprint density at radius 3 is 2.76 bits per heavy atom. The molecule has 2 aromatic rings. The fourth-order valence-electron chi connectivity index (χ4n) is 2.03. The highest BCUT2D eigenvalue weighted by Crippen LogP contribution is 2.17. The largest absolute Gasteiger partial charge is 0.336 e. The van der Waals surface area contributed by atoms with E-state index in [-0.39, 0.29) is 0 Å². The van der Waals surface area contributed by atoms with E-state index in [4.69, 9.17) is 0 Å². The summed E-state index contributed by atoms with van der Waals surface area (Å²) in [6.45, 7) is 11.1. The predicted molar refractivity (Wildman–Crippen MR) is 89.8 cm³/mol. The van der Waals surface area contributed by atoms with Crippen molar-refractivity contribution in [3.63, 3.8) is 0 Å². The van der Waals surface area contributed by atoms with E-state index in [0.717, 1.165) is 31.3 Å². The van der Waals surface area contributed by atoms with Gasteiger partial charge in [0, 0.05) is 41.5 Å². The van der Waals surface area contributed by atoms with E-state index >= 15 is 0 Å². The molecule has 0 spiro atoms. The minimum Gasteiger partial charge on any atom is -0.336 e. The van der Waals surface area contributed by atoms with Gasteiger partial charge >= 0.3 is 0 Å². The maximum Gasteiger partial charge on any atom is 0.225 e. The number of thiophene rings is 1. The maximum atomic E-state index is 4.68. The standard InChI is InChI=1S/C16H24N4S/c1-5-20(11-15-7-6-8-21-15)16-18-10-14(13(4)19-16)9-17-12(2)3/h6-8,10,12,17H,5,9,11H2,1-4H3. The molecule has 0 amide bonds. The zero-order valence-corrected chi connectivity index (χ0v) is 14.1. The molecule has 114 valence electrons. The molecular formula is C16H24N4S. The van der Waals surface area contributed by atoms with Crippen LogP contribution < -0.4 is 10.2 Å². The van der Waals surface area contributed by atoms with Gasteiger partial charge in [-0.3, -0.25) is 0 Å². The molecule has 0 aliphatic rings. The minimum atomic E-state index is 0.468. The second kappa shape index (κ2) is 7.52. The van der Waals surface area contributed by atoms with Gasteiger partial charge in [0.2, 0.25) is 5.95 Å². The van der Waals surface area contributed by atoms with Crippen LogP contribution in [0.15, 0.2) is 23.7 Å². The third-order valence-electron chi connectivity index (χ3n) is 3.36. The molecular weight excluding hydrogens is 280 g/mol. The van der Waals surface area contributed by atoms with Crippen LogP contribution in [0, 0.1) is 6.92 Å². The first-order chi connectivity index (χ1) is 10.1. The molecule has 0 aliphatic carbocycles. The highest BCUT2D eigenvalue weighted by Gasteiger charge is 2.11. The smallest absolute Gasteiger partial charge is 0.225 e. The van der Waals surface area contributed by atoms with E-state index in [9.17, 15) is 0 Å². The Labute approximate surface area is 131 Å². The first kappa shape index (κ1) is 15.9. The Kier molecular flexibility index (Phi) is 5.70. The van der Waals surface area contributed by atoms with Gasteiger partial charge in [-0.25, -0.2) is 9.97 Å². The molecule has 21 heavy (non-hydrogen) atoms. The molecule has 0 saturated heterocycles. The molecule has 0 fully saturated rings. The molecule has 0 saturated carbocycles. The number of rotatable bonds is 7. The number of anilines is 1. The Morgan fingerprint density at radius 1 is 1.38 bits per heavy atom. The molecule has 0 radical (unpaired) electrons. The minimum absolute atomic E-state index is 0.468. The number of aryl methyl sites for hydroxylation is 1. The lowest BCUT2D eigenvalue weighted by molar-refractivity contribution is 0.584. The maximum absolute atomic E-state index is 4.68. The molecule has 0 atom stereocenters. The van der Waals surface area contributed by atoms with Crippen LogP contribution in [0.1, 0.15) is 36.9 Å². The number of nitrogens with one attached hydrogen (secondary N) is 1. The number of aromatic nitrogens is 2. The first-order valence-electron chi connectivity index (χ1n) is 7.43. The number of hydrogen-bond donors (Lipinski definition) is 1. The van der Waals surface area contributed by atoms with Crippen molar-refractivity contribution in [1.82, 2.24) is 15.3 Å². The van der Waals surface area contributed by atoms with E-state index < -0.39 is 0 Å². The normalized spacial score (nSPS) is 11.1. The van der Waals surface area contributed by atoms with Crippen LogP contribution in [0.5, 0.6) is 0 Å². The Morgan fingerprint density at radius 2 is 2.19 bits per heavy atom. The van der Waals surface area contributed by atoms with E-state index in [2.05, 4.69) is 65.4 Å². The fraction of sp³-hybridized carbons (Fsp3) is 0.500. The molecule has 2 aromatic heterocycles. The van der Waals surface area contributed by atoms with E-state index in [1.165, 1.54) is 10.4 Å². The van der Waals surface area contributed by atoms with Crippen LogP contribution in [-0.4, -0.2) is 22.6 Å². The monoisotopic (exact) mass is 304 g/mol. The third-order valence-corrected chi connectivity index (χ3v) is 4.22. The molecule has 0 aliphatic heterocycles. The van der Waals surface area contributed by atoms with E-state index in [1.54, 1.807) is 11.3 Å². The average molecular weight is 304 g/mol. The number of hydrogen-bond acceptors (Lipinski definition) is 5. The Balaban J connectivity index is 2.09. The van der Waals surface area contributed by atoms with Crippen LogP contribution in [-0.2, 0) is 13.1 Å². The SMILES string of the molecule is CCN(Cc1cccs1)c1ncc(CNC(C)C)c(C)n1. The van der Waals surface area contributed by atoms with Crippen molar-refractivity contribution in [3.05, 3.63) is 39.8 Å². The van der Waals surface area contributed by atoms with Crippen molar-refractivity contribution in [2.45, 2.75) is 46.8 Å². The third kappa shape index (κ3) is 4.51. The van der Waals surface area contributed by atoms with Crippen molar-refractivity contribution in [1.29, 1.82) is 0 Å². The summed E-state index contributed by atoms with van der Waals surface area (Å²) in [7, 11) is 0. The molecule has 2 rings (SSSR count). The zero-order valence-electron chi connectivity index (χ0n) is 13.3. The van der Waals surface area contributed by atoms with Gasteiger partial charge in [0.1, 0.15) is 0 Å². The van der Waals surface area contributed by atoms with Crippen LogP contribution in [0.4, 0.5) is 5.95 Å². The Hall–Kier alpha value is -1.46. The number of nitrogens with zero attached hydrogens (tertiary/aromatic N) is 3. The summed E-state index contributed by atoms with van der Waals surface area (Å²) < 4.78 is 0. The lowest BCUT2D eigenvalue weighted by Gasteiger charge is -2.21. The fourth-order valence-corrected chi connectivity index (χ4v) is 2.75. The molecule has 2 heterocycles. The highest BCUT2D eigenvalue weighted by atomic mass is 32.1. The molecule has 0 aromatic carbocycles. The highest BCUT2D eigenvalue weighted by molar-refractivity contribution is 7.09. The molecule has 1 N–H and O–H groups in total. The summed E-state index contributed by atoms with van der Waals surface area (Å²) in [5.41, 5.74) is 2.22. The first-order valence-corrected chi connectivity index (χ1v) is 8.31. The van der Waals surface area contributed by atoms with Gasteiger partial charge in [-0.15, -0.1) is 11.3 Å². The lowest BCUT2D eigenvalue weighted by Crippen LogP contribution is -2.25. The second-order valence-electron chi connectivity index (χ2n) is 5.41. The summed E-state index contributed by atoms with van der Waals surface area (Å²) in [6, 6.07) is 4.71. The average Bonchev–Trinajstić information content (AvgIpc) is 2.96. The van der Waals surface area contributed by atoms with Gasteiger partial charge < -0.3 is 10.2 Å². The second-order valence-corrected chi connectivity index (χ2v) is 6.44. The van der Waals surface area contributed by atoms with Crippen LogP contribution in [0.3, 0.4) is 0 Å². The van der Waals surface area contributed by atoms with Gasteiger partial charge in [0.05, 0.1) is 6.54 Å². The quantitative estimate of drug-likeness (QED) is 0.851. The lowest BCUT2D eigenvalue weighted by atomic mass is 10.2. The van der Waals surface area contributed by atoms with Crippen LogP contribution in [0.2, 0.25) is 0 Å². The van der Waals surface area contributed by atoms with Crippen molar-refractivity contribution in [2.75, 3.05) is 11.4 Å². The van der Waals surface area contributed by atoms with Gasteiger partial charge in [-0.05, 0) is 25.3 Å². The van der Waals surface area contributed by atoms with Gasteiger partial charge in [0.25, 0.3) is 0 Å². The molecule has 4 nitrogen and oxygen atoms in total. The van der Waals surface area contributed by atoms with E-state index in [0.29, 0.717) is 6.04 Å². The summed E-state index contributed by atoms with van der Waals surface area (Å²) in [4.78, 5) is 12.8. The molecule has 0 unspecified atom stereocenters. The summed E-state index contributed by atoms with van der Waals surface area (Å²) in [5, 5.41) is 5.52. The summed E-state index contributed by atoms with van der Waals surface area (Å²) >= 11 is 1.77. The van der Waals surface area contributed by atoms with Crippen LogP contribution >= 0.6 is 11.3 Å². The van der Waals surface area contributed by atoms with Gasteiger partial charge in [0.15, 0.2) is 0 Å². The summed E-state index contributed by atoms with van der Waals surface area (Å²) in [6.07, 6.45) is 1.95. The van der Waals surface area contributed by atoms with Gasteiger partial charge in [-0.2, -0.15) is 0 Å². The van der Waals surface area contributed by atoms with Crippen LogP contribution in [0.25, 0.3) is 0 Å². The summed E-state index contributed by atoms with van der Waals surface area (Å²) in [5.74, 6) is 0.816. The predicted octanol–water partition coefficient (Wildman–Crippen LogP) is 3.37. The molecule has 0 bridgehead atoms. The van der Waals surface area contributed by atoms with Crippen molar-refractivity contribution >= 4 is 17.3 Å². The topological polar surface area (TPSA) is 41.1 Å². The molecule has 5 heteroatoms. The zero-order chi connectivity index (χ0) is 15.2. The van der Waals surface area contributed by atoms with Crippen molar-refractivity contribution < 1.29 is 0 Å². The van der Waals surface area contributed by atoms with E-state index in [1.807, 2.05) is 6.20 Å². The van der Waals surface area contributed by atoms with Crippen molar-refractivity contribution in [3.8, 4) is 0 Å². The van der Waals surface area contributed by atoms with Gasteiger partial charge in [-0.1, -0.05) is 19.9 Å².